The maximum atomic E-state index is 16.0. The second kappa shape index (κ2) is 21.8. The Morgan fingerprint density at radius 1 is 0.915 bits per heavy atom. The lowest BCUT2D eigenvalue weighted by atomic mass is 9.38. The second-order valence-electron chi connectivity index (χ2n) is 20.4. The molecule has 2 N–H and O–H groups in total. The average molecular weight is 1030 g/mol. The van der Waals surface area contributed by atoms with E-state index in [-0.39, 0.29) is 30.8 Å². The van der Waals surface area contributed by atoms with E-state index in [1.165, 1.54) is 44.1 Å². The Kier molecular flexibility index (Phi) is 17.1. The number of ketones is 1. The molecule has 19 heteroatoms. The van der Waals surface area contributed by atoms with Crippen LogP contribution in [0.3, 0.4) is 0 Å². The first-order valence-electron chi connectivity index (χ1n) is 23.8. The summed E-state index contributed by atoms with van der Waals surface area (Å²) in [6.07, 6.45) is -10.1. The number of ether oxygens (including phenoxy) is 9. The molecule has 1 amide bonds. The molecule has 0 spiro atoms. The molecule has 390 valence electrons. The Balaban J connectivity index is 1.54. The number of aliphatic hydroxyl groups is 1. The molecule has 3 aliphatic carbocycles. The van der Waals surface area contributed by atoms with E-state index in [0.717, 1.165) is 12.2 Å². The van der Waals surface area contributed by atoms with Crippen LogP contribution in [0.5, 0.6) is 0 Å². The Hall–Kier alpha value is -4.66. The highest BCUT2D eigenvalue weighted by molar-refractivity contribution is 8.76. The van der Waals surface area contributed by atoms with Crippen molar-refractivity contribution in [2.24, 2.45) is 16.2 Å². The Bertz CT molecular complexity index is 2320. The third kappa shape index (κ3) is 10.3. The summed E-state index contributed by atoms with van der Waals surface area (Å²) in [6, 6.07) is 14.9. The molecule has 6 rings (SSSR count). The zero-order chi connectivity index (χ0) is 52.3. The molecule has 1 aliphatic heterocycles. The molecule has 0 unspecified atom stereocenters. The van der Waals surface area contributed by atoms with E-state index in [4.69, 9.17) is 42.6 Å². The van der Waals surface area contributed by atoms with Crippen LogP contribution in [0.2, 0.25) is 0 Å². The number of alkyl carbamates (subject to hydrolysis) is 1. The number of amides is 1. The van der Waals surface area contributed by atoms with Crippen LogP contribution in [0.25, 0.3) is 0 Å². The predicted molar refractivity (Wildman–Crippen MR) is 263 cm³/mol. The van der Waals surface area contributed by atoms with Crippen molar-refractivity contribution in [1.82, 2.24) is 5.32 Å². The SMILES string of the molecule is CCCSSCCOC(=O)O[C@@H](C(=O)O[C@H]1C[C@@]2(O)[C@@H](OC(=O)c3ccccc3)[C@]3(C)[C@]4(OC(C)=O)CO[C@@H]4C[C@H](OC)[C@@]3(C)C(=O)[C@H](OC)C(=C1C)C2(C)C)[C@@H](NC(=O)OC(C)(C)C)c1ccccc1. The highest BCUT2D eigenvalue weighted by atomic mass is 33.1. The number of hydrogen-bond donors (Lipinski definition) is 2. The van der Waals surface area contributed by atoms with Crippen molar-refractivity contribution in [2.75, 3.05) is 38.9 Å². The molecule has 2 saturated carbocycles. The third-order valence-electron chi connectivity index (χ3n) is 14.9. The molecule has 2 aromatic carbocycles. The fraction of sp³-hybridized carbons (Fsp3) is 0.615. The van der Waals surface area contributed by atoms with Crippen LogP contribution in [0, 0.1) is 16.2 Å². The number of rotatable bonds is 17. The largest absolute Gasteiger partial charge is 0.509 e. The first-order valence-corrected chi connectivity index (χ1v) is 26.3. The Labute approximate surface area is 423 Å². The van der Waals surface area contributed by atoms with Crippen molar-refractivity contribution >= 4 is 57.5 Å². The summed E-state index contributed by atoms with van der Waals surface area (Å²) in [5.41, 5.74) is -9.25. The zero-order valence-corrected chi connectivity index (χ0v) is 44.3. The zero-order valence-electron chi connectivity index (χ0n) is 42.7. The monoisotopic (exact) mass is 1030 g/mol. The molecule has 4 aliphatic rings. The summed E-state index contributed by atoms with van der Waals surface area (Å²) in [5.74, 6) is -2.01. The number of carbonyl (C=O) groups is 6. The van der Waals surface area contributed by atoms with Crippen LogP contribution < -0.4 is 5.32 Å². The Morgan fingerprint density at radius 2 is 1.55 bits per heavy atom. The quantitative estimate of drug-likeness (QED) is 0.0506. The maximum Gasteiger partial charge on any atom is 0.509 e. The van der Waals surface area contributed by atoms with Crippen molar-refractivity contribution in [3.8, 4) is 0 Å². The molecule has 2 aromatic rings. The summed E-state index contributed by atoms with van der Waals surface area (Å²) in [5, 5.41) is 16.8. The van der Waals surface area contributed by atoms with Gasteiger partial charge in [0.1, 0.15) is 48.3 Å². The predicted octanol–water partition coefficient (Wildman–Crippen LogP) is 7.91. The molecule has 0 radical (unpaired) electrons. The second-order valence-corrected chi connectivity index (χ2v) is 23.1. The number of Topliss-reactive ketones (excluding diaryl/α,β-unsaturated/α-hetero) is 1. The van der Waals surface area contributed by atoms with E-state index >= 15 is 9.59 Å². The van der Waals surface area contributed by atoms with Crippen LogP contribution >= 0.6 is 21.6 Å². The van der Waals surface area contributed by atoms with Gasteiger partial charge in [-0.2, -0.15) is 0 Å². The van der Waals surface area contributed by atoms with E-state index in [1.807, 2.05) is 0 Å². The summed E-state index contributed by atoms with van der Waals surface area (Å²) in [7, 11) is 5.89. The topological polar surface area (TPSA) is 218 Å². The van der Waals surface area contributed by atoms with Crippen molar-refractivity contribution < 1.29 is 76.5 Å². The number of benzene rings is 2. The van der Waals surface area contributed by atoms with Crippen molar-refractivity contribution in [1.29, 1.82) is 0 Å². The number of hydrogen-bond acceptors (Lipinski definition) is 18. The van der Waals surface area contributed by atoms with Gasteiger partial charge in [-0.3, -0.25) is 9.59 Å². The van der Waals surface area contributed by atoms with Gasteiger partial charge in [0, 0.05) is 50.9 Å². The van der Waals surface area contributed by atoms with Crippen LogP contribution in [0.4, 0.5) is 9.59 Å². The fourth-order valence-electron chi connectivity index (χ4n) is 11.1. The molecular weight excluding hydrogens is 959 g/mol. The van der Waals surface area contributed by atoms with Crippen LogP contribution in [0.15, 0.2) is 71.8 Å². The minimum Gasteiger partial charge on any atom is -0.455 e. The smallest absolute Gasteiger partial charge is 0.455 e. The van der Waals surface area contributed by atoms with Gasteiger partial charge >= 0.3 is 30.2 Å². The van der Waals surface area contributed by atoms with Gasteiger partial charge in [-0.15, -0.1) is 0 Å². The first kappa shape index (κ1) is 55.7. The summed E-state index contributed by atoms with van der Waals surface area (Å²) in [6.45, 7) is 16.2. The van der Waals surface area contributed by atoms with Gasteiger partial charge < -0.3 is 53.1 Å². The van der Waals surface area contributed by atoms with Gasteiger partial charge in [-0.1, -0.05) is 97.8 Å². The van der Waals surface area contributed by atoms with Crippen LogP contribution in [-0.2, 0) is 57.0 Å². The number of carbonyl (C=O) groups excluding carboxylic acids is 6. The van der Waals surface area contributed by atoms with Gasteiger partial charge in [-0.05, 0) is 69.9 Å². The minimum atomic E-state index is -2.33. The number of esters is 3. The third-order valence-corrected chi connectivity index (χ3v) is 17.4. The molecule has 0 aromatic heterocycles. The van der Waals surface area contributed by atoms with E-state index in [9.17, 15) is 24.3 Å². The lowest BCUT2D eigenvalue weighted by molar-refractivity contribution is -0.381. The standard InChI is InChI=1S/C52H69NO16S2/c1-13-25-70-71-26-24-63-46(59)66-40(38(32-20-16-14-17-21-32)53-45(58)69-47(4,5)6)43(57)65-34-28-51(60)44(67-42(56)33-22-18-15-19-23-33)50(10)49(9,41(55)39(62-12)37(30(34)2)48(51,7)8)35(61-11)27-36-52(50,29-64-36)68-31(3)54/h14-23,34-36,38-40,44,60H,13,24-29H2,1-12H3,(H,53,58)/t34-,35-,36+,38-,39+,40+,44-,49-,50-,51+,52-/m0/s1. The minimum absolute atomic E-state index is 0.0642. The highest BCUT2D eigenvalue weighted by Crippen LogP contribution is 2.70. The van der Waals surface area contributed by atoms with E-state index in [1.54, 1.807) is 115 Å². The lowest BCUT2D eigenvalue weighted by Crippen LogP contribution is -2.86. The highest BCUT2D eigenvalue weighted by Gasteiger charge is 2.84. The van der Waals surface area contributed by atoms with E-state index < -0.39 is 118 Å². The van der Waals surface area contributed by atoms with Crippen molar-refractivity contribution in [3.05, 3.63) is 82.9 Å². The average Bonchev–Trinajstić information content (AvgIpc) is 3.31. The summed E-state index contributed by atoms with van der Waals surface area (Å²) < 4.78 is 54.8. The van der Waals surface area contributed by atoms with E-state index in [2.05, 4.69) is 12.2 Å². The normalized spacial score (nSPS) is 30.6. The van der Waals surface area contributed by atoms with Crippen LogP contribution in [0.1, 0.15) is 110 Å². The van der Waals surface area contributed by atoms with Crippen molar-refractivity contribution in [2.45, 2.75) is 148 Å². The van der Waals surface area contributed by atoms with Gasteiger partial charge in [0.15, 0.2) is 11.4 Å². The molecule has 3 fully saturated rings. The van der Waals surface area contributed by atoms with Gasteiger partial charge in [0.2, 0.25) is 6.10 Å². The summed E-state index contributed by atoms with van der Waals surface area (Å²) >= 11 is 0. The summed E-state index contributed by atoms with van der Waals surface area (Å²) in [4.78, 5) is 86.3. The number of nitrogens with one attached hydrogen (secondary N) is 1. The lowest BCUT2D eigenvalue weighted by Gasteiger charge is -2.72. The molecular formula is C52H69NO16S2. The molecule has 1 heterocycles. The molecule has 17 nitrogen and oxygen atoms in total. The van der Waals surface area contributed by atoms with Crippen LogP contribution in [-0.4, -0.2) is 133 Å². The van der Waals surface area contributed by atoms with Gasteiger partial charge in [0.25, 0.3) is 0 Å². The molecule has 71 heavy (non-hydrogen) atoms. The maximum absolute atomic E-state index is 16.0. The van der Waals surface area contributed by atoms with E-state index in [0.29, 0.717) is 16.9 Å². The Morgan fingerprint density at radius 3 is 2.11 bits per heavy atom. The van der Waals surface area contributed by atoms with Gasteiger partial charge in [0.05, 0.1) is 29.1 Å². The van der Waals surface area contributed by atoms with Gasteiger partial charge in [-0.25, -0.2) is 19.2 Å². The number of methoxy groups -OCH3 is 2. The molecule has 11 atom stereocenters. The fourth-order valence-corrected chi connectivity index (χ4v) is 13.1. The molecule has 2 bridgehead atoms. The first-order chi connectivity index (χ1) is 33.4. The molecule has 1 saturated heterocycles. The van der Waals surface area contributed by atoms with Crippen molar-refractivity contribution in [3.63, 3.8) is 0 Å². The number of fused-ring (bicyclic) bond motifs is 5.